The van der Waals surface area contributed by atoms with E-state index in [2.05, 4.69) is 5.32 Å². The lowest BCUT2D eigenvalue weighted by atomic mass is 9.93. The van der Waals surface area contributed by atoms with Gasteiger partial charge in [-0.05, 0) is 43.9 Å². The average molecular weight is 310 g/mol. The van der Waals surface area contributed by atoms with E-state index in [0.717, 1.165) is 29.7 Å². The maximum atomic E-state index is 11.9. The largest absolute Gasteiger partial charge is 0.326 e. The van der Waals surface area contributed by atoms with Gasteiger partial charge < -0.3 is 11.1 Å². The Balaban J connectivity index is 2.39. The van der Waals surface area contributed by atoms with E-state index in [1.54, 1.807) is 19.9 Å². The number of nitrogens with two attached hydrogens (primary N) is 1. The number of hydrogen-bond acceptors (Lipinski definition) is 4. The number of carbonyl (C=O) groups is 1. The number of hydrogen-bond donors (Lipinski definition) is 2. The molecule has 1 aromatic rings. The van der Waals surface area contributed by atoms with Crippen LogP contribution in [-0.4, -0.2) is 25.3 Å². The minimum absolute atomic E-state index is 0.0160. The van der Waals surface area contributed by atoms with E-state index in [1.165, 1.54) is 6.26 Å². The Morgan fingerprint density at radius 3 is 2.57 bits per heavy atom. The Hall–Kier alpha value is -1.40. The maximum absolute atomic E-state index is 11.9. The molecular formula is C15H22N2O3S. The molecule has 2 rings (SSSR count). The fourth-order valence-corrected chi connectivity index (χ4v) is 3.02. The summed E-state index contributed by atoms with van der Waals surface area (Å²) in [6.45, 7) is 3.28. The molecule has 0 radical (unpaired) electrons. The highest BCUT2D eigenvalue weighted by Gasteiger charge is 2.37. The lowest BCUT2D eigenvalue weighted by Crippen LogP contribution is -2.42. The Kier molecular flexibility index (Phi) is 4.13. The van der Waals surface area contributed by atoms with Gasteiger partial charge >= 0.3 is 0 Å². The molecule has 0 bridgehead atoms. The van der Waals surface area contributed by atoms with E-state index in [-0.39, 0.29) is 5.91 Å². The summed E-state index contributed by atoms with van der Waals surface area (Å²) < 4.78 is 22.8. The second kappa shape index (κ2) is 5.42. The van der Waals surface area contributed by atoms with Gasteiger partial charge in [-0.2, -0.15) is 0 Å². The Bertz CT molecular complexity index is 665. The number of nitrogens with one attached hydrogen (secondary N) is 1. The Labute approximate surface area is 125 Å². The normalized spacial score (nSPS) is 17.6. The monoisotopic (exact) mass is 310 g/mol. The quantitative estimate of drug-likeness (QED) is 0.890. The number of fused-ring (bicyclic) bond motifs is 1. The SMILES string of the molecule is CC(C)(C(N)c1ccc2c(c1)CCCC(=O)N2)S(C)(=O)=O. The molecule has 0 fully saturated rings. The smallest absolute Gasteiger partial charge is 0.224 e. The first-order valence-corrected chi connectivity index (χ1v) is 8.90. The van der Waals surface area contributed by atoms with Gasteiger partial charge in [0, 0.05) is 24.4 Å². The van der Waals surface area contributed by atoms with Crippen LogP contribution in [0.3, 0.4) is 0 Å². The van der Waals surface area contributed by atoms with Crippen molar-refractivity contribution in [3.05, 3.63) is 29.3 Å². The number of amides is 1. The molecule has 5 nitrogen and oxygen atoms in total. The fraction of sp³-hybridized carbons (Fsp3) is 0.533. The highest BCUT2D eigenvalue weighted by Crippen LogP contribution is 2.33. The van der Waals surface area contributed by atoms with Crippen LogP contribution in [0.15, 0.2) is 18.2 Å². The van der Waals surface area contributed by atoms with Crippen LogP contribution < -0.4 is 11.1 Å². The van der Waals surface area contributed by atoms with Crippen molar-refractivity contribution in [2.75, 3.05) is 11.6 Å². The molecule has 0 spiro atoms. The number of benzene rings is 1. The summed E-state index contributed by atoms with van der Waals surface area (Å²) in [5.74, 6) is 0.0160. The van der Waals surface area contributed by atoms with Gasteiger partial charge in [-0.1, -0.05) is 12.1 Å². The highest BCUT2D eigenvalue weighted by atomic mass is 32.2. The summed E-state index contributed by atoms with van der Waals surface area (Å²) in [5.41, 5.74) is 8.78. The van der Waals surface area contributed by atoms with Gasteiger partial charge in [0.15, 0.2) is 9.84 Å². The summed E-state index contributed by atoms with van der Waals surface area (Å²) >= 11 is 0. The standard InChI is InChI=1S/C15H22N2O3S/c1-15(2,21(3,19)20)14(16)11-7-8-12-10(9-11)5-4-6-13(18)17-12/h7-9,14H,4-6,16H2,1-3H3,(H,17,18). The zero-order valence-electron chi connectivity index (χ0n) is 12.6. The summed E-state index contributed by atoms with van der Waals surface area (Å²) in [7, 11) is -3.28. The van der Waals surface area contributed by atoms with Crippen LogP contribution in [-0.2, 0) is 21.1 Å². The average Bonchev–Trinajstić information content (AvgIpc) is 2.56. The second-order valence-corrected chi connectivity index (χ2v) is 8.77. The van der Waals surface area contributed by atoms with E-state index in [4.69, 9.17) is 5.73 Å². The molecule has 1 aliphatic rings. The van der Waals surface area contributed by atoms with Crippen LogP contribution in [0.1, 0.15) is 43.9 Å². The first kappa shape index (κ1) is 16.0. The molecule has 1 unspecified atom stereocenters. The van der Waals surface area contributed by atoms with Crippen LogP contribution in [0, 0.1) is 0 Å². The molecule has 1 atom stereocenters. The van der Waals surface area contributed by atoms with Crippen molar-refractivity contribution >= 4 is 21.4 Å². The third kappa shape index (κ3) is 3.11. The minimum atomic E-state index is -3.28. The zero-order valence-corrected chi connectivity index (χ0v) is 13.5. The predicted molar refractivity (Wildman–Crippen MR) is 83.9 cm³/mol. The van der Waals surface area contributed by atoms with E-state index in [1.807, 2.05) is 12.1 Å². The Morgan fingerprint density at radius 1 is 1.29 bits per heavy atom. The molecule has 0 aromatic heterocycles. The Morgan fingerprint density at radius 2 is 1.95 bits per heavy atom. The maximum Gasteiger partial charge on any atom is 0.224 e. The topological polar surface area (TPSA) is 89.3 Å². The number of sulfone groups is 1. The highest BCUT2D eigenvalue weighted by molar-refractivity contribution is 7.92. The van der Waals surface area contributed by atoms with E-state index in [0.29, 0.717) is 6.42 Å². The van der Waals surface area contributed by atoms with Crippen molar-refractivity contribution in [2.45, 2.75) is 43.9 Å². The molecule has 0 saturated heterocycles. The van der Waals surface area contributed by atoms with Crippen molar-refractivity contribution in [1.29, 1.82) is 0 Å². The van der Waals surface area contributed by atoms with Crippen LogP contribution in [0.4, 0.5) is 5.69 Å². The van der Waals surface area contributed by atoms with Gasteiger partial charge in [-0.15, -0.1) is 0 Å². The van der Waals surface area contributed by atoms with Crippen LogP contribution in [0.25, 0.3) is 0 Å². The first-order chi connectivity index (χ1) is 9.63. The second-order valence-electron chi connectivity index (χ2n) is 6.17. The van der Waals surface area contributed by atoms with Crippen molar-refractivity contribution in [3.63, 3.8) is 0 Å². The molecule has 3 N–H and O–H groups in total. The summed E-state index contributed by atoms with van der Waals surface area (Å²) in [5, 5.41) is 2.86. The summed E-state index contributed by atoms with van der Waals surface area (Å²) in [4.78, 5) is 11.5. The first-order valence-electron chi connectivity index (χ1n) is 7.01. The number of aryl methyl sites for hydroxylation is 1. The van der Waals surface area contributed by atoms with Crippen molar-refractivity contribution in [3.8, 4) is 0 Å². The fourth-order valence-electron chi connectivity index (χ4n) is 2.42. The van der Waals surface area contributed by atoms with E-state index < -0.39 is 20.6 Å². The lowest BCUT2D eigenvalue weighted by molar-refractivity contribution is -0.116. The lowest BCUT2D eigenvalue weighted by Gasteiger charge is -2.30. The van der Waals surface area contributed by atoms with Gasteiger partial charge in [0.1, 0.15) is 0 Å². The molecule has 0 aliphatic carbocycles. The molecule has 1 amide bonds. The molecule has 1 aromatic carbocycles. The number of anilines is 1. The summed E-state index contributed by atoms with van der Waals surface area (Å²) in [6.07, 6.45) is 3.28. The molecule has 0 saturated carbocycles. The third-order valence-corrected chi connectivity index (χ3v) is 6.48. The van der Waals surface area contributed by atoms with E-state index in [9.17, 15) is 13.2 Å². The van der Waals surface area contributed by atoms with Gasteiger partial charge in [-0.3, -0.25) is 4.79 Å². The third-order valence-electron chi connectivity index (χ3n) is 4.32. The van der Waals surface area contributed by atoms with Crippen LogP contribution in [0.2, 0.25) is 0 Å². The van der Waals surface area contributed by atoms with Crippen LogP contribution in [0.5, 0.6) is 0 Å². The van der Waals surface area contributed by atoms with E-state index >= 15 is 0 Å². The molecule has 21 heavy (non-hydrogen) atoms. The van der Waals surface area contributed by atoms with Crippen molar-refractivity contribution in [2.24, 2.45) is 5.73 Å². The van der Waals surface area contributed by atoms with Crippen molar-refractivity contribution < 1.29 is 13.2 Å². The number of rotatable bonds is 3. The number of carbonyl (C=O) groups excluding carboxylic acids is 1. The van der Waals surface area contributed by atoms with Gasteiger partial charge in [0.25, 0.3) is 0 Å². The van der Waals surface area contributed by atoms with Gasteiger partial charge in [0.2, 0.25) is 5.91 Å². The molecule has 116 valence electrons. The van der Waals surface area contributed by atoms with Crippen LogP contribution >= 0.6 is 0 Å². The minimum Gasteiger partial charge on any atom is -0.326 e. The molecule has 6 heteroatoms. The molecule has 1 heterocycles. The van der Waals surface area contributed by atoms with Gasteiger partial charge in [0.05, 0.1) is 4.75 Å². The zero-order chi connectivity index (χ0) is 15.8. The van der Waals surface area contributed by atoms with Gasteiger partial charge in [-0.25, -0.2) is 8.42 Å². The predicted octanol–water partition coefficient (Wildman–Crippen LogP) is 1.78. The molecular weight excluding hydrogens is 288 g/mol. The summed E-state index contributed by atoms with van der Waals surface area (Å²) in [6, 6.07) is 4.91. The van der Waals surface area contributed by atoms with Crippen molar-refractivity contribution in [1.82, 2.24) is 0 Å². The molecule has 1 aliphatic heterocycles.